The lowest BCUT2D eigenvalue weighted by Gasteiger charge is -2.11. The topological polar surface area (TPSA) is 49.3 Å². The number of rotatable bonds is 5. The minimum Gasteiger partial charge on any atom is -0.352 e. The first-order chi connectivity index (χ1) is 12.2. The van der Waals surface area contributed by atoms with Gasteiger partial charge in [0.25, 0.3) is 0 Å². The molecule has 0 spiro atoms. The van der Waals surface area contributed by atoms with Gasteiger partial charge in [0.05, 0.1) is 12.2 Å². The van der Waals surface area contributed by atoms with Crippen LogP contribution in [0.15, 0.2) is 65.0 Å². The van der Waals surface area contributed by atoms with Crippen LogP contribution in [0.3, 0.4) is 0 Å². The Morgan fingerprint density at radius 1 is 1.08 bits per heavy atom. The highest BCUT2D eigenvalue weighted by Crippen LogP contribution is 2.21. The molecule has 1 heterocycles. The van der Waals surface area contributed by atoms with Crippen molar-refractivity contribution >= 4 is 28.9 Å². The number of nitrogens with zero attached hydrogens (tertiary/aromatic N) is 2. The molecule has 1 aromatic heterocycles. The molecule has 3 aromatic rings. The van der Waals surface area contributed by atoms with Gasteiger partial charge in [0, 0.05) is 29.6 Å². The van der Waals surface area contributed by atoms with Gasteiger partial charge >= 0.3 is 0 Å². The summed E-state index contributed by atoms with van der Waals surface area (Å²) >= 11 is 7.65. The second-order valence-corrected chi connectivity index (χ2v) is 6.78. The smallest absolute Gasteiger partial charge is 0.191 e. The molecule has 0 unspecified atom stereocenters. The molecule has 6 heteroatoms. The van der Waals surface area contributed by atoms with Crippen LogP contribution in [0, 0.1) is 0 Å². The van der Waals surface area contributed by atoms with Gasteiger partial charge in [-0.2, -0.15) is 0 Å². The highest BCUT2D eigenvalue weighted by Gasteiger charge is 2.05. The molecule has 4 nitrogen and oxygen atoms in total. The highest BCUT2D eigenvalue weighted by atomic mass is 35.5. The fraction of sp³-hybridized carbons (Fsp3) is 0.158. The maximum absolute atomic E-state index is 6.01. The summed E-state index contributed by atoms with van der Waals surface area (Å²) in [6.07, 6.45) is 0. The number of aromatic nitrogens is 1. The molecule has 0 aliphatic rings. The summed E-state index contributed by atoms with van der Waals surface area (Å²) in [5, 5.41) is 10.4. The standard InChI is InChI=1S/C19H19ClN4S/c1-21-19(22-11-14-6-5-9-16(20)10-14)23-12-18-24-17(13-25-18)15-7-3-2-4-8-15/h2-10,13H,11-12H2,1H3,(H2,21,22,23). The number of hydrogen-bond donors (Lipinski definition) is 2. The molecule has 25 heavy (non-hydrogen) atoms. The van der Waals surface area contributed by atoms with Crippen LogP contribution < -0.4 is 10.6 Å². The summed E-state index contributed by atoms with van der Waals surface area (Å²) in [7, 11) is 1.75. The molecule has 2 N–H and O–H groups in total. The van der Waals surface area contributed by atoms with Crippen LogP contribution in [0.2, 0.25) is 5.02 Å². The van der Waals surface area contributed by atoms with E-state index < -0.39 is 0 Å². The van der Waals surface area contributed by atoms with Crippen molar-refractivity contribution in [3.05, 3.63) is 75.6 Å². The number of hydrogen-bond acceptors (Lipinski definition) is 3. The fourth-order valence-corrected chi connectivity index (χ4v) is 3.30. The number of benzene rings is 2. The molecule has 128 valence electrons. The van der Waals surface area contributed by atoms with E-state index in [1.807, 2.05) is 42.5 Å². The Morgan fingerprint density at radius 2 is 1.88 bits per heavy atom. The van der Waals surface area contributed by atoms with E-state index in [-0.39, 0.29) is 0 Å². The van der Waals surface area contributed by atoms with Gasteiger partial charge in [0.15, 0.2) is 5.96 Å². The average Bonchev–Trinajstić information content (AvgIpc) is 3.12. The number of guanidine groups is 1. The van der Waals surface area contributed by atoms with Crippen molar-refractivity contribution in [2.75, 3.05) is 7.05 Å². The Kier molecular flexibility index (Phi) is 6.04. The predicted octanol–water partition coefficient (Wildman–Crippen LogP) is 4.33. The van der Waals surface area contributed by atoms with Gasteiger partial charge in [-0.3, -0.25) is 4.99 Å². The maximum atomic E-state index is 6.01. The zero-order valence-corrected chi connectivity index (χ0v) is 15.4. The van der Waals surface area contributed by atoms with Gasteiger partial charge in [-0.05, 0) is 17.7 Å². The van der Waals surface area contributed by atoms with Crippen molar-refractivity contribution in [2.45, 2.75) is 13.1 Å². The number of nitrogens with one attached hydrogen (secondary N) is 2. The summed E-state index contributed by atoms with van der Waals surface area (Å²) in [4.78, 5) is 8.92. The van der Waals surface area contributed by atoms with E-state index in [0.29, 0.717) is 13.1 Å². The molecule has 0 aliphatic carbocycles. The Balaban J connectivity index is 1.54. The molecule has 0 radical (unpaired) electrons. The average molecular weight is 371 g/mol. The molecule has 0 amide bonds. The molecule has 0 saturated carbocycles. The Bertz CT molecular complexity index is 845. The highest BCUT2D eigenvalue weighted by molar-refractivity contribution is 7.09. The minimum absolute atomic E-state index is 0.632. The molecule has 0 saturated heterocycles. The Morgan fingerprint density at radius 3 is 2.64 bits per heavy atom. The second kappa shape index (κ2) is 8.65. The number of halogens is 1. The van der Waals surface area contributed by atoms with Gasteiger partial charge in [-0.25, -0.2) is 4.98 Å². The monoisotopic (exact) mass is 370 g/mol. The van der Waals surface area contributed by atoms with Crippen molar-refractivity contribution in [1.29, 1.82) is 0 Å². The zero-order valence-electron chi connectivity index (χ0n) is 13.9. The number of aliphatic imine (C=N–C) groups is 1. The normalized spacial score (nSPS) is 11.4. The lowest BCUT2D eigenvalue weighted by Crippen LogP contribution is -2.36. The summed E-state index contributed by atoms with van der Waals surface area (Å²) < 4.78 is 0. The lowest BCUT2D eigenvalue weighted by atomic mass is 10.2. The van der Waals surface area contributed by atoms with E-state index >= 15 is 0 Å². The first-order valence-electron chi connectivity index (χ1n) is 7.93. The summed E-state index contributed by atoms with van der Waals surface area (Å²) in [6.45, 7) is 1.29. The van der Waals surface area contributed by atoms with Crippen LogP contribution >= 0.6 is 22.9 Å². The summed E-state index contributed by atoms with van der Waals surface area (Å²) in [6, 6.07) is 18.0. The van der Waals surface area contributed by atoms with Crippen molar-refractivity contribution < 1.29 is 0 Å². The second-order valence-electron chi connectivity index (χ2n) is 5.40. The van der Waals surface area contributed by atoms with E-state index in [1.54, 1.807) is 18.4 Å². The van der Waals surface area contributed by atoms with Gasteiger partial charge < -0.3 is 10.6 Å². The largest absolute Gasteiger partial charge is 0.352 e. The molecule has 2 aromatic carbocycles. The SMILES string of the molecule is CN=C(NCc1cccc(Cl)c1)NCc1nc(-c2ccccc2)cs1. The molecule has 0 aliphatic heterocycles. The molecular weight excluding hydrogens is 352 g/mol. The Labute approximate surface area is 156 Å². The minimum atomic E-state index is 0.632. The number of thiazole rings is 1. The quantitative estimate of drug-likeness (QED) is 0.519. The first-order valence-corrected chi connectivity index (χ1v) is 9.19. The van der Waals surface area contributed by atoms with E-state index in [4.69, 9.17) is 11.6 Å². The predicted molar refractivity (Wildman–Crippen MR) is 106 cm³/mol. The van der Waals surface area contributed by atoms with Crippen LogP contribution in [0.25, 0.3) is 11.3 Å². The van der Waals surface area contributed by atoms with Gasteiger partial charge in [-0.1, -0.05) is 54.1 Å². The van der Waals surface area contributed by atoms with Gasteiger partial charge in [0.2, 0.25) is 0 Å². The van der Waals surface area contributed by atoms with Crippen LogP contribution in [-0.4, -0.2) is 18.0 Å². The third-order valence-corrected chi connectivity index (χ3v) is 4.68. The maximum Gasteiger partial charge on any atom is 0.191 e. The van der Waals surface area contributed by atoms with E-state index in [0.717, 1.165) is 32.8 Å². The van der Waals surface area contributed by atoms with E-state index in [9.17, 15) is 0 Å². The van der Waals surface area contributed by atoms with E-state index in [1.165, 1.54) is 0 Å². The van der Waals surface area contributed by atoms with Crippen molar-refractivity contribution in [3.8, 4) is 11.3 Å². The molecule has 0 atom stereocenters. The fourth-order valence-electron chi connectivity index (χ4n) is 2.35. The van der Waals surface area contributed by atoms with Crippen LogP contribution in [0.1, 0.15) is 10.6 Å². The third kappa shape index (κ3) is 5.05. The third-order valence-electron chi connectivity index (χ3n) is 3.60. The lowest BCUT2D eigenvalue weighted by molar-refractivity contribution is 0.805. The van der Waals surface area contributed by atoms with Gasteiger partial charge in [0.1, 0.15) is 5.01 Å². The molecule has 3 rings (SSSR count). The van der Waals surface area contributed by atoms with Gasteiger partial charge in [-0.15, -0.1) is 11.3 Å². The molecule has 0 bridgehead atoms. The van der Waals surface area contributed by atoms with Crippen LogP contribution in [0.4, 0.5) is 0 Å². The van der Waals surface area contributed by atoms with E-state index in [2.05, 4.69) is 38.1 Å². The first kappa shape index (κ1) is 17.5. The Hall–Kier alpha value is -2.37. The van der Waals surface area contributed by atoms with Crippen LogP contribution in [-0.2, 0) is 13.1 Å². The summed E-state index contributed by atoms with van der Waals surface area (Å²) in [5.74, 6) is 0.733. The van der Waals surface area contributed by atoms with Crippen molar-refractivity contribution in [3.63, 3.8) is 0 Å². The molecule has 0 fully saturated rings. The van der Waals surface area contributed by atoms with Crippen molar-refractivity contribution in [1.82, 2.24) is 15.6 Å². The zero-order chi connectivity index (χ0) is 17.5. The van der Waals surface area contributed by atoms with Crippen molar-refractivity contribution in [2.24, 2.45) is 4.99 Å². The summed E-state index contributed by atoms with van der Waals surface area (Å²) in [5.41, 5.74) is 3.24. The van der Waals surface area contributed by atoms with Crippen LogP contribution in [0.5, 0.6) is 0 Å². The molecular formula is C19H19ClN4S.